The molecule has 0 bridgehead atoms. The molecule has 0 aliphatic rings. The van der Waals surface area contributed by atoms with E-state index in [2.05, 4.69) is 205 Å². The van der Waals surface area contributed by atoms with Gasteiger partial charge >= 0.3 is 0 Å². The molecule has 0 aliphatic carbocycles. The summed E-state index contributed by atoms with van der Waals surface area (Å²) in [6.07, 6.45) is 0. The van der Waals surface area contributed by atoms with Gasteiger partial charge in [0.1, 0.15) is 0 Å². The summed E-state index contributed by atoms with van der Waals surface area (Å²) in [6, 6.07) is 73.5. The molecule has 0 saturated heterocycles. The van der Waals surface area contributed by atoms with Gasteiger partial charge < -0.3 is 4.90 Å². The van der Waals surface area contributed by atoms with Crippen molar-refractivity contribution >= 4 is 90.9 Å². The van der Waals surface area contributed by atoms with Crippen LogP contribution in [0.4, 0.5) is 17.1 Å². The van der Waals surface area contributed by atoms with Gasteiger partial charge in [-0.1, -0.05) is 133 Å². The summed E-state index contributed by atoms with van der Waals surface area (Å²) in [7, 11) is 0. The van der Waals surface area contributed by atoms with Crippen molar-refractivity contribution in [1.82, 2.24) is 0 Å². The quantitative estimate of drug-likeness (QED) is 0.164. The fourth-order valence-corrected chi connectivity index (χ4v) is 10.5. The van der Waals surface area contributed by atoms with Gasteiger partial charge in [0.2, 0.25) is 0 Å². The Morgan fingerprint density at radius 1 is 0.291 bits per heavy atom. The molecule has 0 atom stereocenters. The molecule has 9 aromatic carbocycles. The van der Waals surface area contributed by atoms with E-state index < -0.39 is 0 Å². The number of nitrogens with zero attached hydrogens (tertiary/aromatic N) is 1. The first-order valence-corrected chi connectivity index (χ1v) is 20.3. The molecule has 0 amide bonds. The lowest BCUT2D eigenvalue weighted by atomic mass is 9.98. The van der Waals surface area contributed by atoms with Gasteiger partial charge in [0, 0.05) is 57.4 Å². The Morgan fingerprint density at radius 3 is 1.56 bits per heavy atom. The zero-order valence-corrected chi connectivity index (χ0v) is 31.4. The standard InChI is InChI=1S/C52H33NS2/c1-2-12-35-29-38(26-25-34(35)11-1)36-13-7-16-41(30-36)53(42-17-8-14-37(31-42)39-27-28-46-45-19-3-5-22-48(45)55-51(46)33-39)43-18-9-15-40(32-43)44-21-10-24-50-52(44)47-20-4-6-23-49(47)54-50/h1-33H. The average Bonchev–Trinajstić information content (AvgIpc) is 3.82. The predicted octanol–water partition coefficient (Wildman–Crippen LogP) is 16.0. The second-order valence-electron chi connectivity index (χ2n) is 14.1. The fraction of sp³-hybridized carbons (Fsp3) is 0. The number of fused-ring (bicyclic) bond motifs is 7. The van der Waals surface area contributed by atoms with E-state index in [0.717, 1.165) is 17.1 Å². The SMILES string of the molecule is c1cc(-c2ccc3ccccc3c2)cc(N(c2cccc(-c3ccc4c(c3)sc3ccccc34)c2)c2cccc(-c3cccc4sc5ccccc5c34)c2)c1. The van der Waals surface area contributed by atoms with Crippen molar-refractivity contribution < 1.29 is 0 Å². The molecule has 11 rings (SSSR count). The van der Waals surface area contributed by atoms with Crippen molar-refractivity contribution in [1.29, 1.82) is 0 Å². The van der Waals surface area contributed by atoms with E-state index >= 15 is 0 Å². The number of rotatable bonds is 6. The zero-order chi connectivity index (χ0) is 36.3. The minimum Gasteiger partial charge on any atom is -0.310 e. The van der Waals surface area contributed by atoms with E-state index in [4.69, 9.17) is 0 Å². The molecule has 258 valence electrons. The third kappa shape index (κ3) is 5.60. The van der Waals surface area contributed by atoms with Crippen molar-refractivity contribution in [3.05, 3.63) is 200 Å². The lowest BCUT2D eigenvalue weighted by Crippen LogP contribution is -2.10. The summed E-state index contributed by atoms with van der Waals surface area (Å²) >= 11 is 3.73. The van der Waals surface area contributed by atoms with Crippen LogP contribution in [0.25, 0.3) is 84.5 Å². The second kappa shape index (κ2) is 13.1. The molecule has 55 heavy (non-hydrogen) atoms. The minimum atomic E-state index is 1.11. The third-order valence-corrected chi connectivity index (χ3v) is 13.1. The minimum absolute atomic E-state index is 1.11. The highest BCUT2D eigenvalue weighted by Gasteiger charge is 2.18. The van der Waals surface area contributed by atoms with Crippen LogP contribution in [0.2, 0.25) is 0 Å². The molecule has 1 nitrogen and oxygen atoms in total. The highest BCUT2D eigenvalue weighted by Crippen LogP contribution is 2.44. The lowest BCUT2D eigenvalue weighted by Gasteiger charge is -2.27. The molecule has 0 unspecified atom stereocenters. The summed E-state index contributed by atoms with van der Waals surface area (Å²) in [5.41, 5.74) is 10.6. The van der Waals surface area contributed by atoms with Crippen molar-refractivity contribution in [3.63, 3.8) is 0 Å². The van der Waals surface area contributed by atoms with Crippen LogP contribution < -0.4 is 4.90 Å². The van der Waals surface area contributed by atoms with Gasteiger partial charge in [-0.25, -0.2) is 0 Å². The Labute approximate surface area is 327 Å². The van der Waals surface area contributed by atoms with E-state index in [-0.39, 0.29) is 0 Å². The lowest BCUT2D eigenvalue weighted by molar-refractivity contribution is 1.28. The summed E-state index contributed by atoms with van der Waals surface area (Å²) in [5.74, 6) is 0. The smallest absolute Gasteiger partial charge is 0.0467 e. The maximum Gasteiger partial charge on any atom is 0.0467 e. The van der Waals surface area contributed by atoms with E-state index in [1.807, 2.05) is 22.7 Å². The summed E-state index contributed by atoms with van der Waals surface area (Å²) in [6.45, 7) is 0. The summed E-state index contributed by atoms with van der Waals surface area (Å²) < 4.78 is 5.27. The van der Waals surface area contributed by atoms with Gasteiger partial charge in [-0.3, -0.25) is 0 Å². The van der Waals surface area contributed by atoms with Crippen LogP contribution in [0, 0.1) is 0 Å². The molecular formula is C52H33NS2. The van der Waals surface area contributed by atoms with Gasteiger partial charge in [0.15, 0.2) is 0 Å². The Morgan fingerprint density at radius 2 is 0.800 bits per heavy atom. The number of benzene rings is 9. The molecule has 0 aliphatic heterocycles. The Bertz CT molecular complexity index is 3240. The van der Waals surface area contributed by atoms with Crippen LogP contribution in [-0.2, 0) is 0 Å². The number of hydrogen-bond donors (Lipinski definition) is 0. The molecule has 0 radical (unpaired) electrons. The van der Waals surface area contributed by atoms with Crippen LogP contribution in [0.3, 0.4) is 0 Å². The number of anilines is 3. The second-order valence-corrected chi connectivity index (χ2v) is 16.3. The third-order valence-electron chi connectivity index (χ3n) is 10.8. The van der Waals surface area contributed by atoms with Crippen LogP contribution >= 0.6 is 22.7 Å². The fourth-order valence-electron chi connectivity index (χ4n) is 8.20. The van der Waals surface area contributed by atoms with Crippen LogP contribution in [-0.4, -0.2) is 0 Å². The van der Waals surface area contributed by atoms with Crippen molar-refractivity contribution in [2.45, 2.75) is 0 Å². The van der Waals surface area contributed by atoms with Gasteiger partial charge in [0.05, 0.1) is 0 Å². The molecule has 0 saturated carbocycles. The van der Waals surface area contributed by atoms with Crippen LogP contribution in [0.1, 0.15) is 0 Å². The van der Waals surface area contributed by atoms with E-state index in [1.54, 1.807) is 0 Å². The molecule has 11 aromatic rings. The van der Waals surface area contributed by atoms with Gasteiger partial charge in [0.25, 0.3) is 0 Å². The Hall–Kier alpha value is -6.52. The highest BCUT2D eigenvalue weighted by atomic mass is 32.1. The number of hydrogen-bond acceptors (Lipinski definition) is 3. The van der Waals surface area contributed by atoms with Crippen LogP contribution in [0.5, 0.6) is 0 Å². The highest BCUT2D eigenvalue weighted by molar-refractivity contribution is 7.26. The maximum atomic E-state index is 2.42. The van der Waals surface area contributed by atoms with Crippen molar-refractivity contribution in [2.75, 3.05) is 4.90 Å². The molecule has 0 N–H and O–H groups in total. The molecule has 0 spiro atoms. The summed E-state index contributed by atoms with van der Waals surface area (Å²) in [5, 5.41) is 7.77. The molecule has 0 fully saturated rings. The topological polar surface area (TPSA) is 3.24 Å². The van der Waals surface area contributed by atoms with Crippen molar-refractivity contribution in [2.24, 2.45) is 0 Å². The van der Waals surface area contributed by atoms with E-state index in [9.17, 15) is 0 Å². The average molecular weight is 736 g/mol. The maximum absolute atomic E-state index is 2.42. The summed E-state index contributed by atoms with van der Waals surface area (Å²) in [4.78, 5) is 2.42. The normalized spacial score (nSPS) is 11.6. The van der Waals surface area contributed by atoms with Gasteiger partial charge in [-0.05, 0) is 111 Å². The Kier molecular flexibility index (Phi) is 7.61. The van der Waals surface area contributed by atoms with Crippen LogP contribution in [0.15, 0.2) is 200 Å². The first-order chi connectivity index (χ1) is 27.2. The first-order valence-electron chi connectivity index (χ1n) is 18.7. The zero-order valence-electron chi connectivity index (χ0n) is 29.8. The van der Waals surface area contributed by atoms with Gasteiger partial charge in [-0.15, -0.1) is 22.7 Å². The van der Waals surface area contributed by atoms with Crippen molar-refractivity contribution in [3.8, 4) is 33.4 Å². The monoisotopic (exact) mass is 735 g/mol. The molecule has 2 heterocycles. The Balaban J connectivity index is 1.07. The van der Waals surface area contributed by atoms with E-state index in [0.29, 0.717) is 0 Å². The predicted molar refractivity (Wildman–Crippen MR) is 241 cm³/mol. The number of thiophene rings is 2. The van der Waals surface area contributed by atoms with Gasteiger partial charge in [-0.2, -0.15) is 0 Å². The van der Waals surface area contributed by atoms with E-state index in [1.165, 1.54) is 84.5 Å². The molecule has 3 heteroatoms. The largest absolute Gasteiger partial charge is 0.310 e. The molecular weight excluding hydrogens is 703 g/mol. The molecule has 2 aromatic heterocycles. The first kappa shape index (κ1) is 32.0.